The van der Waals surface area contributed by atoms with Crippen molar-refractivity contribution >= 4 is 28.3 Å². The highest BCUT2D eigenvalue weighted by molar-refractivity contribution is 7.15. The number of benzene rings is 1. The van der Waals surface area contributed by atoms with E-state index in [1.807, 2.05) is 18.2 Å². The summed E-state index contributed by atoms with van der Waals surface area (Å²) in [5.41, 5.74) is 3.41. The monoisotopic (exact) mass is 393 g/mol. The first-order valence-electron chi connectivity index (χ1n) is 10.3. The Bertz CT molecular complexity index is 1040. The van der Waals surface area contributed by atoms with Gasteiger partial charge in [0, 0.05) is 17.5 Å². The molecule has 3 fully saturated rings. The predicted molar refractivity (Wildman–Crippen MR) is 110 cm³/mol. The number of nitrogens with zero attached hydrogens (tertiary/aromatic N) is 2. The Morgan fingerprint density at radius 2 is 2.14 bits per heavy atom. The number of para-hydroxylation sites is 1. The van der Waals surface area contributed by atoms with E-state index in [4.69, 9.17) is 9.40 Å². The molecule has 5 heterocycles. The predicted octanol–water partition coefficient (Wildman–Crippen LogP) is 3.87. The number of rotatable bonds is 3. The highest BCUT2D eigenvalue weighted by Crippen LogP contribution is 2.37. The molecule has 3 aromatic rings. The number of carbonyl (C=O) groups is 1. The zero-order chi connectivity index (χ0) is 18.7. The lowest BCUT2D eigenvalue weighted by Crippen LogP contribution is -2.57. The van der Waals surface area contributed by atoms with Gasteiger partial charge in [-0.05, 0) is 74.9 Å². The molecule has 4 aliphatic rings. The lowest BCUT2D eigenvalue weighted by Gasteiger charge is -2.44. The summed E-state index contributed by atoms with van der Waals surface area (Å²) in [6.07, 6.45) is 5.93. The van der Waals surface area contributed by atoms with E-state index in [9.17, 15) is 4.79 Å². The number of hydrogen-bond donors (Lipinski definition) is 1. The molecule has 0 radical (unpaired) electrons. The number of hydrogen-bond acceptors (Lipinski definition) is 5. The van der Waals surface area contributed by atoms with Crippen LogP contribution in [0.3, 0.4) is 0 Å². The lowest BCUT2D eigenvalue weighted by molar-refractivity contribution is 0.0621. The minimum absolute atomic E-state index is 0.0297. The Kier molecular flexibility index (Phi) is 3.84. The van der Waals surface area contributed by atoms with Crippen molar-refractivity contribution in [3.05, 3.63) is 40.3 Å². The summed E-state index contributed by atoms with van der Waals surface area (Å²) in [4.78, 5) is 22.8. The van der Waals surface area contributed by atoms with E-state index in [2.05, 4.69) is 16.3 Å². The van der Waals surface area contributed by atoms with Crippen molar-refractivity contribution in [2.24, 2.45) is 5.92 Å². The van der Waals surface area contributed by atoms with Gasteiger partial charge in [0.1, 0.15) is 5.52 Å². The molecule has 1 atom stereocenters. The number of nitrogens with one attached hydrogen (secondary N) is 1. The van der Waals surface area contributed by atoms with Crippen LogP contribution in [0.2, 0.25) is 0 Å². The highest BCUT2D eigenvalue weighted by atomic mass is 32.1. The topological polar surface area (TPSA) is 58.4 Å². The molecule has 5 nitrogen and oxygen atoms in total. The maximum atomic E-state index is 13.1. The van der Waals surface area contributed by atoms with Gasteiger partial charge in [-0.3, -0.25) is 4.79 Å². The van der Waals surface area contributed by atoms with E-state index in [1.165, 1.54) is 42.8 Å². The van der Waals surface area contributed by atoms with Crippen LogP contribution in [0.1, 0.15) is 40.1 Å². The molecule has 2 bridgehead atoms. The summed E-state index contributed by atoms with van der Waals surface area (Å²) in [5, 5.41) is 3.28. The summed E-state index contributed by atoms with van der Waals surface area (Å²) in [6, 6.07) is 8.11. The van der Waals surface area contributed by atoms with Gasteiger partial charge < -0.3 is 14.6 Å². The normalized spacial score (nSPS) is 25.9. The van der Waals surface area contributed by atoms with Crippen molar-refractivity contribution in [1.82, 2.24) is 15.2 Å². The Morgan fingerprint density at radius 3 is 2.93 bits per heavy atom. The van der Waals surface area contributed by atoms with E-state index in [0.717, 1.165) is 24.3 Å². The smallest absolute Gasteiger partial charge is 0.253 e. The van der Waals surface area contributed by atoms with E-state index in [-0.39, 0.29) is 11.9 Å². The number of amides is 1. The Hall–Kier alpha value is -2.18. The van der Waals surface area contributed by atoms with Gasteiger partial charge in [-0.15, -0.1) is 11.3 Å². The van der Waals surface area contributed by atoms with Crippen LogP contribution >= 0.6 is 11.3 Å². The molecule has 6 heteroatoms. The van der Waals surface area contributed by atoms with Crippen molar-refractivity contribution in [2.75, 3.05) is 19.6 Å². The first kappa shape index (κ1) is 16.7. The van der Waals surface area contributed by atoms with Crippen molar-refractivity contribution in [3.63, 3.8) is 0 Å². The molecule has 0 spiro atoms. The fourth-order valence-corrected chi connectivity index (χ4v) is 6.23. The molecule has 7 rings (SSSR count). The number of piperidine rings is 3. The van der Waals surface area contributed by atoms with Crippen molar-refractivity contribution in [2.45, 2.75) is 38.1 Å². The number of aryl methyl sites for hydroxylation is 2. The van der Waals surface area contributed by atoms with E-state index in [1.54, 1.807) is 11.3 Å². The number of thiophene rings is 1. The maximum Gasteiger partial charge on any atom is 0.253 e. The largest absolute Gasteiger partial charge is 0.435 e. The summed E-state index contributed by atoms with van der Waals surface area (Å²) in [7, 11) is 0. The molecule has 144 valence electrons. The lowest BCUT2D eigenvalue weighted by atomic mass is 9.84. The maximum absolute atomic E-state index is 13.1. The first-order chi connectivity index (χ1) is 13.7. The number of fused-ring (bicyclic) bond motifs is 5. The van der Waals surface area contributed by atoms with Crippen molar-refractivity contribution in [1.29, 1.82) is 0 Å². The molecule has 0 saturated carbocycles. The Labute approximate surface area is 167 Å². The first-order valence-corrected chi connectivity index (χ1v) is 11.1. The van der Waals surface area contributed by atoms with Gasteiger partial charge >= 0.3 is 0 Å². The van der Waals surface area contributed by atoms with Gasteiger partial charge in [-0.1, -0.05) is 6.07 Å². The molecular formula is C22H23N3O2S. The number of oxazole rings is 1. The van der Waals surface area contributed by atoms with Crippen LogP contribution < -0.4 is 5.32 Å². The third-order valence-corrected chi connectivity index (χ3v) is 7.82. The second-order valence-electron chi connectivity index (χ2n) is 8.30. The average Bonchev–Trinajstić information content (AvgIpc) is 3.42. The Morgan fingerprint density at radius 1 is 1.25 bits per heavy atom. The van der Waals surface area contributed by atoms with E-state index >= 15 is 0 Å². The van der Waals surface area contributed by atoms with Crippen LogP contribution in [-0.4, -0.2) is 41.5 Å². The third kappa shape index (κ3) is 2.70. The molecular weight excluding hydrogens is 370 g/mol. The van der Waals surface area contributed by atoms with Crippen LogP contribution in [0.5, 0.6) is 0 Å². The van der Waals surface area contributed by atoms with Crippen LogP contribution in [0.15, 0.2) is 28.7 Å². The molecule has 3 aliphatic heterocycles. The van der Waals surface area contributed by atoms with Gasteiger partial charge in [0.05, 0.1) is 10.4 Å². The highest BCUT2D eigenvalue weighted by Gasteiger charge is 2.35. The van der Waals surface area contributed by atoms with Crippen LogP contribution in [0, 0.1) is 5.92 Å². The zero-order valence-corrected chi connectivity index (χ0v) is 16.6. The molecule has 0 unspecified atom stereocenters. The summed E-state index contributed by atoms with van der Waals surface area (Å²) in [6.45, 7) is 3.31. The fraction of sp³-hybridized carbons (Fsp3) is 0.455. The molecule has 1 N–H and O–H groups in total. The standard InChI is InChI=1S/C22H23N3O2S/c26-21(23-16-12-25-9-7-13(16)8-10-25)15-4-2-5-17-20(15)24-22(27-17)19-11-14-3-1-6-18(14)28-19/h2,4-5,11,13,16H,1,3,6-10,12H2,(H,23,26)/t16-/m1/s1. The van der Waals surface area contributed by atoms with Crippen LogP contribution in [0.4, 0.5) is 0 Å². The zero-order valence-electron chi connectivity index (χ0n) is 15.7. The SMILES string of the molecule is O=C(N[C@@H]1CN2CCC1CC2)c1cccc2oc(-c3cc4c(s3)CCC4)nc12. The molecule has 1 amide bonds. The number of aromatic nitrogens is 1. The summed E-state index contributed by atoms with van der Waals surface area (Å²) >= 11 is 1.78. The van der Waals surface area contributed by atoms with Crippen molar-refractivity contribution in [3.8, 4) is 10.8 Å². The van der Waals surface area contributed by atoms with Gasteiger partial charge in [-0.2, -0.15) is 0 Å². The van der Waals surface area contributed by atoms with Crippen LogP contribution in [0.25, 0.3) is 21.9 Å². The quantitative estimate of drug-likeness (QED) is 0.734. The van der Waals surface area contributed by atoms with Gasteiger partial charge in [0.15, 0.2) is 5.58 Å². The average molecular weight is 394 g/mol. The summed E-state index contributed by atoms with van der Waals surface area (Å²) in [5.74, 6) is 1.21. The third-order valence-electron chi connectivity index (χ3n) is 6.59. The molecule has 1 aromatic carbocycles. The van der Waals surface area contributed by atoms with Crippen LogP contribution in [-0.2, 0) is 12.8 Å². The Balaban J connectivity index is 1.31. The minimum atomic E-state index is -0.0297. The second-order valence-corrected chi connectivity index (χ2v) is 9.44. The van der Waals surface area contributed by atoms with Crippen molar-refractivity contribution < 1.29 is 9.21 Å². The molecule has 2 aromatic heterocycles. The molecule has 1 aliphatic carbocycles. The van der Waals surface area contributed by atoms with E-state index < -0.39 is 0 Å². The van der Waals surface area contributed by atoms with E-state index in [0.29, 0.717) is 28.5 Å². The van der Waals surface area contributed by atoms with Gasteiger partial charge in [0.2, 0.25) is 5.89 Å². The van der Waals surface area contributed by atoms with Gasteiger partial charge in [0.25, 0.3) is 5.91 Å². The minimum Gasteiger partial charge on any atom is -0.435 e. The number of carbonyl (C=O) groups excluding carboxylic acids is 1. The second kappa shape index (κ2) is 6.42. The summed E-state index contributed by atoms with van der Waals surface area (Å²) < 4.78 is 6.03. The fourth-order valence-electron chi connectivity index (χ4n) is 5.05. The van der Waals surface area contributed by atoms with Gasteiger partial charge in [-0.25, -0.2) is 4.98 Å². The molecule has 3 saturated heterocycles. The molecule has 28 heavy (non-hydrogen) atoms.